The molecule has 0 spiro atoms. The number of nitro benzene ring substituents is 1. The van der Waals surface area contributed by atoms with Crippen molar-refractivity contribution in [3.63, 3.8) is 0 Å². The van der Waals surface area contributed by atoms with Gasteiger partial charge in [0, 0.05) is 23.9 Å². The van der Waals surface area contributed by atoms with Gasteiger partial charge >= 0.3 is 0 Å². The molecule has 22 heavy (non-hydrogen) atoms. The molecule has 0 unspecified atom stereocenters. The van der Waals surface area contributed by atoms with Crippen LogP contribution in [0.25, 0.3) is 6.08 Å². The van der Waals surface area contributed by atoms with E-state index in [1.165, 1.54) is 24.3 Å². The summed E-state index contributed by atoms with van der Waals surface area (Å²) < 4.78 is 0. The summed E-state index contributed by atoms with van der Waals surface area (Å²) in [5.74, 6) is -0.360. The average Bonchev–Trinajstić information content (AvgIpc) is 2.53. The highest BCUT2D eigenvalue weighted by Crippen LogP contribution is 2.14. The first-order chi connectivity index (χ1) is 10.6. The van der Waals surface area contributed by atoms with Crippen LogP contribution in [-0.4, -0.2) is 15.9 Å². The highest BCUT2D eigenvalue weighted by molar-refractivity contribution is 6.01. The number of non-ortho nitro benzene ring substituents is 1. The first-order valence-corrected chi connectivity index (χ1v) is 6.52. The van der Waals surface area contributed by atoms with Crippen molar-refractivity contribution in [2.45, 2.75) is 6.61 Å². The number of nitrogens with zero attached hydrogens (tertiary/aromatic N) is 1. The number of hydrogen-bond acceptors (Lipinski definition) is 4. The smallest absolute Gasteiger partial charge is 0.270 e. The van der Waals surface area contributed by atoms with Gasteiger partial charge in [0.15, 0.2) is 0 Å². The Balaban J connectivity index is 2.05. The molecule has 0 aliphatic heterocycles. The van der Waals surface area contributed by atoms with Crippen molar-refractivity contribution in [1.29, 1.82) is 0 Å². The maximum atomic E-state index is 11.8. The van der Waals surface area contributed by atoms with Gasteiger partial charge in [-0.2, -0.15) is 0 Å². The number of amides is 1. The number of carbonyl (C=O) groups is 1. The zero-order valence-corrected chi connectivity index (χ0v) is 11.6. The van der Waals surface area contributed by atoms with E-state index in [1.807, 2.05) is 0 Å². The highest BCUT2D eigenvalue weighted by atomic mass is 16.6. The molecule has 0 saturated carbocycles. The van der Waals surface area contributed by atoms with Gasteiger partial charge in [0.2, 0.25) is 5.91 Å². The molecular weight excluding hydrogens is 284 g/mol. The molecule has 0 heterocycles. The number of aliphatic hydroxyl groups is 1. The molecule has 112 valence electrons. The van der Waals surface area contributed by atoms with E-state index in [4.69, 9.17) is 5.11 Å². The van der Waals surface area contributed by atoms with Gasteiger partial charge in [0.1, 0.15) is 0 Å². The Morgan fingerprint density at radius 1 is 1.23 bits per heavy atom. The van der Waals surface area contributed by atoms with Crippen LogP contribution in [0.4, 0.5) is 11.4 Å². The van der Waals surface area contributed by atoms with Crippen molar-refractivity contribution < 1.29 is 14.8 Å². The summed E-state index contributed by atoms with van der Waals surface area (Å²) in [4.78, 5) is 22.0. The maximum absolute atomic E-state index is 11.8. The fraction of sp³-hybridized carbons (Fsp3) is 0.0625. The van der Waals surface area contributed by atoms with Crippen LogP contribution in [-0.2, 0) is 11.4 Å². The van der Waals surface area contributed by atoms with E-state index >= 15 is 0 Å². The van der Waals surface area contributed by atoms with Crippen LogP contribution in [0.5, 0.6) is 0 Å². The number of anilines is 1. The summed E-state index contributed by atoms with van der Waals surface area (Å²) in [5.41, 5.74) is 1.80. The number of nitro groups is 1. The third-order valence-electron chi connectivity index (χ3n) is 2.89. The van der Waals surface area contributed by atoms with Crippen molar-refractivity contribution in [3.05, 3.63) is 75.8 Å². The normalized spacial score (nSPS) is 10.6. The molecule has 0 aromatic heterocycles. The summed E-state index contributed by atoms with van der Waals surface area (Å²) >= 11 is 0. The summed E-state index contributed by atoms with van der Waals surface area (Å²) in [7, 11) is 0. The third kappa shape index (κ3) is 4.26. The van der Waals surface area contributed by atoms with Crippen LogP contribution in [0.2, 0.25) is 0 Å². The van der Waals surface area contributed by atoms with E-state index in [0.717, 1.165) is 0 Å². The van der Waals surface area contributed by atoms with E-state index in [-0.39, 0.29) is 18.2 Å². The number of hydrogen-bond donors (Lipinski definition) is 2. The number of aliphatic hydroxyl groups excluding tert-OH is 1. The lowest BCUT2D eigenvalue weighted by molar-refractivity contribution is -0.384. The maximum Gasteiger partial charge on any atom is 0.270 e. The molecule has 0 radical (unpaired) electrons. The molecule has 0 aliphatic carbocycles. The van der Waals surface area contributed by atoms with Crippen LogP contribution in [0.3, 0.4) is 0 Å². The van der Waals surface area contributed by atoms with Gasteiger partial charge in [-0.05, 0) is 29.3 Å². The lowest BCUT2D eigenvalue weighted by Gasteiger charge is -2.03. The minimum Gasteiger partial charge on any atom is -0.392 e. The first-order valence-electron chi connectivity index (χ1n) is 6.52. The SMILES string of the molecule is O=C(/C=C/c1cccc([N+](=O)[O-])c1)Nc1cccc(CO)c1. The summed E-state index contributed by atoms with van der Waals surface area (Å²) in [5, 5.41) is 22.4. The summed E-state index contributed by atoms with van der Waals surface area (Å²) in [6.07, 6.45) is 2.79. The van der Waals surface area contributed by atoms with Crippen molar-refractivity contribution in [2.24, 2.45) is 0 Å². The molecule has 6 heteroatoms. The minimum absolute atomic E-state index is 0.0294. The molecule has 0 fully saturated rings. The first kappa shape index (κ1) is 15.4. The Labute approximate surface area is 126 Å². The number of benzene rings is 2. The van der Waals surface area contributed by atoms with Crippen molar-refractivity contribution in [3.8, 4) is 0 Å². The number of rotatable bonds is 5. The van der Waals surface area contributed by atoms with Crippen LogP contribution in [0.15, 0.2) is 54.6 Å². The fourth-order valence-corrected chi connectivity index (χ4v) is 1.85. The van der Waals surface area contributed by atoms with Crippen LogP contribution in [0.1, 0.15) is 11.1 Å². The van der Waals surface area contributed by atoms with E-state index in [1.54, 1.807) is 36.4 Å². The Bertz CT molecular complexity index is 726. The topological polar surface area (TPSA) is 92.5 Å². The predicted molar refractivity (Wildman–Crippen MR) is 83.1 cm³/mol. The van der Waals surface area contributed by atoms with Crippen molar-refractivity contribution in [1.82, 2.24) is 0 Å². The zero-order valence-electron chi connectivity index (χ0n) is 11.6. The van der Waals surface area contributed by atoms with Gasteiger partial charge in [0.25, 0.3) is 5.69 Å². The van der Waals surface area contributed by atoms with E-state index in [9.17, 15) is 14.9 Å². The molecule has 6 nitrogen and oxygen atoms in total. The van der Waals surface area contributed by atoms with Crippen LogP contribution >= 0.6 is 0 Å². The van der Waals surface area contributed by atoms with Gasteiger partial charge in [-0.1, -0.05) is 24.3 Å². The molecule has 2 aromatic carbocycles. The summed E-state index contributed by atoms with van der Waals surface area (Å²) in [6, 6.07) is 12.8. The Kier molecular flexibility index (Phi) is 5.00. The number of carbonyl (C=O) groups excluding carboxylic acids is 1. The van der Waals surface area contributed by atoms with Gasteiger partial charge in [-0.25, -0.2) is 0 Å². The second-order valence-corrected chi connectivity index (χ2v) is 4.53. The van der Waals surface area contributed by atoms with Crippen LogP contribution < -0.4 is 5.32 Å². The molecule has 2 aromatic rings. The molecule has 2 rings (SSSR count). The largest absolute Gasteiger partial charge is 0.392 e. The second-order valence-electron chi connectivity index (χ2n) is 4.53. The molecule has 0 atom stereocenters. The standard InChI is InChI=1S/C16H14N2O4/c19-11-13-4-1-5-14(9-13)17-16(20)8-7-12-3-2-6-15(10-12)18(21)22/h1-10,19H,11H2,(H,17,20)/b8-7+. The average molecular weight is 298 g/mol. The Morgan fingerprint density at radius 3 is 2.73 bits per heavy atom. The van der Waals surface area contributed by atoms with E-state index in [0.29, 0.717) is 16.8 Å². The molecular formula is C16H14N2O4. The minimum atomic E-state index is -0.488. The highest BCUT2D eigenvalue weighted by Gasteiger charge is 2.04. The van der Waals surface area contributed by atoms with E-state index < -0.39 is 4.92 Å². The van der Waals surface area contributed by atoms with Gasteiger partial charge in [-0.3, -0.25) is 14.9 Å². The van der Waals surface area contributed by atoms with Gasteiger partial charge < -0.3 is 10.4 Å². The monoisotopic (exact) mass is 298 g/mol. The van der Waals surface area contributed by atoms with Gasteiger partial charge in [-0.15, -0.1) is 0 Å². The van der Waals surface area contributed by atoms with E-state index in [2.05, 4.69) is 5.32 Å². The molecule has 0 bridgehead atoms. The molecule has 0 saturated heterocycles. The Morgan fingerprint density at radius 2 is 2.00 bits per heavy atom. The fourth-order valence-electron chi connectivity index (χ4n) is 1.85. The Hall–Kier alpha value is -2.99. The quantitative estimate of drug-likeness (QED) is 0.504. The van der Waals surface area contributed by atoms with Crippen LogP contribution in [0, 0.1) is 10.1 Å². The summed E-state index contributed by atoms with van der Waals surface area (Å²) in [6.45, 7) is -0.104. The predicted octanol–water partition coefficient (Wildman–Crippen LogP) is 2.74. The lowest BCUT2D eigenvalue weighted by Crippen LogP contribution is -2.07. The zero-order chi connectivity index (χ0) is 15.9. The van der Waals surface area contributed by atoms with Gasteiger partial charge in [0.05, 0.1) is 11.5 Å². The molecule has 1 amide bonds. The third-order valence-corrected chi connectivity index (χ3v) is 2.89. The van der Waals surface area contributed by atoms with Crippen molar-refractivity contribution in [2.75, 3.05) is 5.32 Å². The lowest BCUT2D eigenvalue weighted by atomic mass is 10.2. The molecule has 2 N–H and O–H groups in total. The number of nitrogens with one attached hydrogen (secondary N) is 1. The van der Waals surface area contributed by atoms with Crippen molar-refractivity contribution >= 4 is 23.4 Å². The second kappa shape index (κ2) is 7.14. The molecule has 0 aliphatic rings.